The molecule has 1 saturated heterocycles. The van der Waals surface area contributed by atoms with Crippen LogP contribution in [0.1, 0.15) is 38.5 Å². The Morgan fingerprint density at radius 1 is 1.24 bits per heavy atom. The summed E-state index contributed by atoms with van der Waals surface area (Å²) in [6, 6.07) is 0. The third kappa shape index (κ3) is 4.73. The molecule has 5 nitrogen and oxygen atoms in total. The van der Waals surface area contributed by atoms with Gasteiger partial charge in [0.2, 0.25) is 5.91 Å². The predicted molar refractivity (Wildman–Crippen MR) is 64.5 cm³/mol. The number of carboxylic acids is 1. The first kappa shape index (κ1) is 14.0. The maximum Gasteiger partial charge on any atom is 0.308 e. The van der Waals surface area contributed by atoms with Crippen molar-refractivity contribution in [1.82, 2.24) is 4.90 Å². The van der Waals surface area contributed by atoms with Gasteiger partial charge in [-0.1, -0.05) is 12.8 Å². The average molecular weight is 242 g/mol. The molecule has 0 saturated carbocycles. The second-order valence-corrected chi connectivity index (χ2v) is 4.62. The van der Waals surface area contributed by atoms with Gasteiger partial charge in [0.15, 0.2) is 0 Å². The summed E-state index contributed by atoms with van der Waals surface area (Å²) in [4.78, 5) is 24.2. The summed E-state index contributed by atoms with van der Waals surface area (Å²) < 4.78 is 0. The minimum atomic E-state index is -0.789. The fourth-order valence-corrected chi connectivity index (χ4v) is 2.12. The van der Waals surface area contributed by atoms with Crippen molar-refractivity contribution < 1.29 is 14.7 Å². The molecular formula is C12H22N2O3. The van der Waals surface area contributed by atoms with E-state index in [1.165, 1.54) is 0 Å². The third-order valence-electron chi connectivity index (χ3n) is 3.23. The molecule has 1 unspecified atom stereocenters. The van der Waals surface area contributed by atoms with E-state index in [1.54, 1.807) is 4.90 Å². The number of likely N-dealkylation sites (tertiary alicyclic amines) is 1. The molecule has 1 amide bonds. The second kappa shape index (κ2) is 7.27. The van der Waals surface area contributed by atoms with Gasteiger partial charge in [-0.05, 0) is 25.8 Å². The molecule has 5 heteroatoms. The quantitative estimate of drug-likeness (QED) is 0.648. The smallest absolute Gasteiger partial charge is 0.308 e. The third-order valence-corrected chi connectivity index (χ3v) is 3.23. The second-order valence-electron chi connectivity index (χ2n) is 4.62. The summed E-state index contributed by atoms with van der Waals surface area (Å²) >= 11 is 0. The molecule has 1 aliphatic rings. The lowest BCUT2D eigenvalue weighted by atomic mass is 10.1. The molecular weight excluding hydrogens is 220 g/mol. The van der Waals surface area contributed by atoms with Gasteiger partial charge in [0, 0.05) is 19.5 Å². The van der Waals surface area contributed by atoms with E-state index in [4.69, 9.17) is 10.8 Å². The van der Waals surface area contributed by atoms with Crippen LogP contribution >= 0.6 is 0 Å². The molecule has 3 N–H and O–H groups in total. The number of carbonyl (C=O) groups excluding carboxylic acids is 1. The lowest BCUT2D eigenvalue weighted by molar-refractivity contribution is -0.141. The monoisotopic (exact) mass is 242 g/mol. The molecule has 98 valence electrons. The van der Waals surface area contributed by atoms with E-state index < -0.39 is 5.97 Å². The van der Waals surface area contributed by atoms with E-state index in [9.17, 15) is 9.59 Å². The van der Waals surface area contributed by atoms with Gasteiger partial charge >= 0.3 is 5.97 Å². The van der Waals surface area contributed by atoms with Crippen molar-refractivity contribution >= 4 is 11.9 Å². The van der Waals surface area contributed by atoms with Gasteiger partial charge in [0.1, 0.15) is 0 Å². The summed E-state index contributed by atoms with van der Waals surface area (Å²) in [7, 11) is 0. The summed E-state index contributed by atoms with van der Waals surface area (Å²) in [5.74, 6) is -1.05. The Kier molecular flexibility index (Phi) is 5.97. The number of carbonyl (C=O) groups is 2. The molecule has 1 atom stereocenters. The number of hydrogen-bond donors (Lipinski definition) is 2. The Morgan fingerprint density at radius 3 is 2.53 bits per heavy atom. The minimum Gasteiger partial charge on any atom is -0.481 e. The van der Waals surface area contributed by atoms with Gasteiger partial charge in [0.05, 0.1) is 5.92 Å². The molecule has 0 spiro atoms. The molecule has 0 aromatic rings. The highest BCUT2D eigenvalue weighted by atomic mass is 16.4. The van der Waals surface area contributed by atoms with Crippen molar-refractivity contribution in [2.75, 3.05) is 19.6 Å². The summed E-state index contributed by atoms with van der Waals surface area (Å²) in [6.45, 7) is 1.69. The molecule has 1 rings (SSSR count). The number of unbranched alkanes of at least 4 members (excludes halogenated alkanes) is 3. The molecule has 17 heavy (non-hydrogen) atoms. The zero-order valence-electron chi connectivity index (χ0n) is 10.2. The molecule has 1 aliphatic heterocycles. The van der Waals surface area contributed by atoms with E-state index in [-0.39, 0.29) is 11.8 Å². The Morgan fingerprint density at radius 2 is 1.94 bits per heavy atom. The zero-order valence-corrected chi connectivity index (χ0v) is 10.2. The number of rotatable bonds is 7. The summed E-state index contributed by atoms with van der Waals surface area (Å²) in [5, 5.41) is 8.84. The van der Waals surface area contributed by atoms with E-state index >= 15 is 0 Å². The molecule has 0 aromatic heterocycles. The number of aliphatic carboxylic acids is 1. The molecule has 0 bridgehead atoms. The number of nitrogens with zero attached hydrogens (tertiary/aromatic N) is 1. The predicted octanol–water partition coefficient (Wildman–Crippen LogP) is 0.829. The summed E-state index contributed by atoms with van der Waals surface area (Å²) in [6.07, 6.45) is 5.12. The lowest BCUT2D eigenvalue weighted by Crippen LogP contribution is -2.29. The minimum absolute atomic E-state index is 0.0986. The summed E-state index contributed by atoms with van der Waals surface area (Å²) in [5.41, 5.74) is 5.38. The fourth-order valence-electron chi connectivity index (χ4n) is 2.12. The first-order valence-electron chi connectivity index (χ1n) is 6.35. The maximum atomic E-state index is 11.8. The van der Waals surface area contributed by atoms with Crippen molar-refractivity contribution in [3.05, 3.63) is 0 Å². The van der Waals surface area contributed by atoms with Gasteiger partial charge < -0.3 is 15.7 Å². The average Bonchev–Trinajstić information content (AvgIpc) is 2.78. The lowest BCUT2D eigenvalue weighted by Gasteiger charge is -2.15. The Hall–Kier alpha value is -1.10. The Balaban J connectivity index is 2.14. The van der Waals surface area contributed by atoms with Crippen LogP contribution in [0, 0.1) is 5.92 Å². The van der Waals surface area contributed by atoms with Crippen molar-refractivity contribution in [3.8, 4) is 0 Å². The number of hydrogen-bond acceptors (Lipinski definition) is 3. The van der Waals surface area contributed by atoms with Crippen LogP contribution in [0.5, 0.6) is 0 Å². The number of carboxylic acid groups (broad SMARTS) is 1. The molecule has 0 aromatic carbocycles. The SMILES string of the molecule is NCCCCCCC(=O)N1CCC(C(=O)O)C1. The Bertz CT molecular complexity index is 268. The van der Waals surface area contributed by atoms with E-state index in [2.05, 4.69) is 0 Å². The number of nitrogens with two attached hydrogens (primary N) is 1. The highest BCUT2D eigenvalue weighted by Gasteiger charge is 2.30. The zero-order chi connectivity index (χ0) is 12.7. The molecule has 1 fully saturated rings. The van der Waals surface area contributed by atoms with Gasteiger partial charge in [-0.15, -0.1) is 0 Å². The molecule has 0 aliphatic carbocycles. The van der Waals surface area contributed by atoms with Crippen molar-refractivity contribution in [3.63, 3.8) is 0 Å². The molecule has 1 heterocycles. The van der Waals surface area contributed by atoms with Crippen LogP contribution in [0.15, 0.2) is 0 Å². The van der Waals surface area contributed by atoms with Gasteiger partial charge in [-0.2, -0.15) is 0 Å². The number of amides is 1. The van der Waals surface area contributed by atoms with Crippen molar-refractivity contribution in [2.24, 2.45) is 11.7 Å². The molecule has 0 radical (unpaired) electrons. The van der Waals surface area contributed by atoms with Crippen molar-refractivity contribution in [1.29, 1.82) is 0 Å². The van der Waals surface area contributed by atoms with Crippen LogP contribution in [0.3, 0.4) is 0 Å². The normalized spacial score (nSPS) is 19.6. The first-order chi connectivity index (χ1) is 8.15. The van der Waals surface area contributed by atoms with Crippen LogP contribution in [0.2, 0.25) is 0 Å². The Labute approximate surface area is 102 Å². The highest BCUT2D eigenvalue weighted by molar-refractivity contribution is 5.78. The van der Waals surface area contributed by atoms with Crippen LogP contribution in [-0.2, 0) is 9.59 Å². The largest absolute Gasteiger partial charge is 0.481 e. The van der Waals surface area contributed by atoms with Gasteiger partial charge in [-0.3, -0.25) is 9.59 Å². The van der Waals surface area contributed by atoms with Crippen LogP contribution < -0.4 is 5.73 Å². The van der Waals surface area contributed by atoms with Gasteiger partial charge in [0.25, 0.3) is 0 Å². The highest BCUT2D eigenvalue weighted by Crippen LogP contribution is 2.18. The maximum absolute atomic E-state index is 11.8. The topological polar surface area (TPSA) is 83.6 Å². The van der Waals surface area contributed by atoms with Crippen LogP contribution in [0.25, 0.3) is 0 Å². The first-order valence-corrected chi connectivity index (χ1v) is 6.35. The van der Waals surface area contributed by atoms with Crippen molar-refractivity contribution in [2.45, 2.75) is 38.5 Å². The fraction of sp³-hybridized carbons (Fsp3) is 0.833. The van der Waals surface area contributed by atoms with Crippen LogP contribution in [-0.4, -0.2) is 41.5 Å². The van der Waals surface area contributed by atoms with E-state index in [1.807, 2.05) is 0 Å². The van der Waals surface area contributed by atoms with E-state index in [0.29, 0.717) is 32.5 Å². The van der Waals surface area contributed by atoms with E-state index in [0.717, 1.165) is 25.7 Å². The standard InChI is InChI=1S/C12H22N2O3/c13-7-4-2-1-3-5-11(15)14-8-6-10(9-14)12(16)17/h10H,1-9,13H2,(H,16,17). The van der Waals surface area contributed by atoms with Crippen LogP contribution in [0.4, 0.5) is 0 Å². The van der Waals surface area contributed by atoms with Gasteiger partial charge in [-0.25, -0.2) is 0 Å².